The topological polar surface area (TPSA) is 109 Å². The third-order valence-corrected chi connectivity index (χ3v) is 6.66. The summed E-state index contributed by atoms with van der Waals surface area (Å²) in [4.78, 5) is 21.3. The summed E-state index contributed by atoms with van der Waals surface area (Å²) >= 11 is 0. The van der Waals surface area contributed by atoms with Gasteiger partial charge in [-0.3, -0.25) is 9.20 Å². The molecule has 6 rings (SSSR count). The summed E-state index contributed by atoms with van der Waals surface area (Å²) in [6, 6.07) is 14.8. The van der Waals surface area contributed by atoms with E-state index < -0.39 is 0 Å². The molecule has 1 fully saturated rings. The van der Waals surface area contributed by atoms with Crippen molar-refractivity contribution in [2.24, 2.45) is 0 Å². The number of para-hydroxylation sites is 1. The van der Waals surface area contributed by atoms with Crippen LogP contribution in [0.1, 0.15) is 57.7 Å². The number of anilines is 1. The molecule has 0 saturated heterocycles. The largest absolute Gasteiger partial charge is 0.483 e. The van der Waals surface area contributed by atoms with Gasteiger partial charge in [0.2, 0.25) is 0 Å². The Labute approximate surface area is 215 Å². The molecule has 2 aromatic carbocycles. The third-order valence-electron chi connectivity index (χ3n) is 6.66. The summed E-state index contributed by atoms with van der Waals surface area (Å²) in [5.41, 5.74) is 11.1. The van der Waals surface area contributed by atoms with Crippen molar-refractivity contribution in [3.05, 3.63) is 72.6 Å². The SMILES string of the molecule is CC.Nc1nccn2c(C3CCCCC3)nc(-c3cc4cccc(-c5ccccc5F)c4[nH]3)c12.O=CO. The van der Waals surface area contributed by atoms with Crippen molar-refractivity contribution < 1.29 is 14.3 Å². The molecule has 8 heteroatoms. The Morgan fingerprint density at radius 2 is 1.78 bits per heavy atom. The molecule has 4 N–H and O–H groups in total. The van der Waals surface area contributed by atoms with Gasteiger partial charge in [-0.2, -0.15) is 0 Å². The van der Waals surface area contributed by atoms with E-state index in [9.17, 15) is 4.39 Å². The third kappa shape index (κ3) is 5.05. The second kappa shape index (κ2) is 11.7. The molecule has 1 saturated carbocycles. The molecule has 0 unspecified atom stereocenters. The average molecular weight is 502 g/mol. The van der Waals surface area contributed by atoms with Crippen molar-refractivity contribution in [1.82, 2.24) is 19.4 Å². The highest BCUT2D eigenvalue weighted by molar-refractivity contribution is 5.98. The van der Waals surface area contributed by atoms with Crippen LogP contribution in [0.25, 0.3) is 38.9 Å². The van der Waals surface area contributed by atoms with E-state index in [1.165, 1.54) is 25.3 Å². The molecule has 5 aromatic rings. The maximum atomic E-state index is 14.5. The van der Waals surface area contributed by atoms with Crippen LogP contribution in [0.4, 0.5) is 10.2 Å². The zero-order valence-corrected chi connectivity index (χ0v) is 21.1. The number of nitrogens with one attached hydrogen (secondary N) is 1. The highest BCUT2D eigenvalue weighted by Crippen LogP contribution is 2.38. The fourth-order valence-electron chi connectivity index (χ4n) is 5.11. The van der Waals surface area contributed by atoms with Crippen molar-refractivity contribution in [2.45, 2.75) is 51.9 Å². The summed E-state index contributed by atoms with van der Waals surface area (Å²) < 4.78 is 16.7. The Morgan fingerprint density at radius 3 is 2.51 bits per heavy atom. The quantitative estimate of drug-likeness (QED) is 0.230. The molecule has 0 bridgehead atoms. The molecule has 0 radical (unpaired) electrons. The molecule has 0 spiro atoms. The smallest absolute Gasteiger partial charge is 0.290 e. The number of rotatable bonds is 3. The van der Waals surface area contributed by atoms with Crippen molar-refractivity contribution in [3.8, 4) is 22.5 Å². The van der Waals surface area contributed by atoms with Crippen molar-refractivity contribution >= 4 is 28.7 Å². The summed E-state index contributed by atoms with van der Waals surface area (Å²) in [7, 11) is 0. The van der Waals surface area contributed by atoms with Gasteiger partial charge in [0.05, 0.1) is 11.2 Å². The van der Waals surface area contributed by atoms with Crippen molar-refractivity contribution in [2.75, 3.05) is 5.73 Å². The Morgan fingerprint density at radius 1 is 1.08 bits per heavy atom. The van der Waals surface area contributed by atoms with Crippen molar-refractivity contribution in [3.63, 3.8) is 0 Å². The van der Waals surface area contributed by atoms with Gasteiger partial charge in [-0.1, -0.05) is 69.5 Å². The van der Waals surface area contributed by atoms with Crippen LogP contribution in [0, 0.1) is 5.82 Å². The predicted molar refractivity (Wildman–Crippen MR) is 146 cm³/mol. The second-order valence-electron chi connectivity index (χ2n) is 8.72. The number of aromatic amines is 1. The molecular weight excluding hydrogens is 469 g/mol. The van der Waals surface area contributed by atoms with Gasteiger partial charge < -0.3 is 15.8 Å². The summed E-state index contributed by atoms with van der Waals surface area (Å²) in [6.07, 6.45) is 9.73. The van der Waals surface area contributed by atoms with Crippen LogP contribution < -0.4 is 5.73 Å². The lowest BCUT2D eigenvalue weighted by molar-refractivity contribution is -0.122. The van der Waals surface area contributed by atoms with E-state index in [0.717, 1.165) is 52.0 Å². The molecule has 3 aromatic heterocycles. The molecule has 7 nitrogen and oxygen atoms in total. The predicted octanol–water partition coefficient (Wildman–Crippen LogP) is 7.04. The number of carbonyl (C=O) groups is 1. The lowest BCUT2D eigenvalue weighted by Crippen LogP contribution is -2.09. The fourth-order valence-corrected chi connectivity index (χ4v) is 5.11. The van der Waals surface area contributed by atoms with E-state index in [1.54, 1.807) is 18.3 Å². The number of carboxylic acid groups (broad SMARTS) is 1. The molecule has 1 aliphatic carbocycles. The lowest BCUT2D eigenvalue weighted by atomic mass is 9.89. The lowest BCUT2D eigenvalue weighted by Gasteiger charge is -2.20. The molecule has 1 aliphatic rings. The Balaban J connectivity index is 0.000000599. The van der Waals surface area contributed by atoms with Crippen LogP contribution in [0.2, 0.25) is 0 Å². The fraction of sp³-hybridized carbons (Fsp3) is 0.276. The molecule has 192 valence electrons. The van der Waals surface area contributed by atoms with Crippen LogP contribution in [-0.2, 0) is 4.79 Å². The molecule has 37 heavy (non-hydrogen) atoms. The zero-order valence-electron chi connectivity index (χ0n) is 21.1. The average Bonchev–Trinajstić information content (AvgIpc) is 3.54. The molecular formula is C29H32FN5O2. The number of aromatic nitrogens is 4. The number of nitrogens with zero attached hydrogens (tertiary/aromatic N) is 3. The van der Waals surface area contributed by atoms with Crippen LogP contribution in [0.15, 0.2) is 60.9 Å². The Bertz CT molecular complexity index is 1500. The zero-order chi connectivity index (χ0) is 26.4. The first-order valence-corrected chi connectivity index (χ1v) is 12.7. The minimum absolute atomic E-state index is 0.239. The van der Waals surface area contributed by atoms with E-state index in [2.05, 4.69) is 20.4 Å². The van der Waals surface area contributed by atoms with E-state index in [-0.39, 0.29) is 12.3 Å². The van der Waals surface area contributed by atoms with Gasteiger partial charge in [-0.15, -0.1) is 0 Å². The Kier molecular flexibility index (Phi) is 8.18. The molecule has 0 amide bonds. The van der Waals surface area contributed by atoms with E-state index in [0.29, 0.717) is 17.3 Å². The number of fused-ring (bicyclic) bond motifs is 2. The normalized spacial score (nSPS) is 13.5. The molecule has 0 aliphatic heterocycles. The van der Waals surface area contributed by atoms with Crippen LogP contribution in [0.3, 0.4) is 0 Å². The van der Waals surface area contributed by atoms with Gasteiger partial charge in [0.15, 0.2) is 0 Å². The number of halogens is 1. The molecule has 3 heterocycles. The number of H-pyrrole nitrogens is 1. The van der Waals surface area contributed by atoms with Gasteiger partial charge in [0, 0.05) is 34.8 Å². The number of benzene rings is 2. The maximum Gasteiger partial charge on any atom is 0.290 e. The standard InChI is InChI=1S/C26H24FN5.C2H6.CH2O2/c27-20-12-5-4-10-18(20)19-11-6-9-17-15-21(30-22(17)19)23-24-25(28)29-13-14-32(24)26(31-23)16-7-2-1-3-8-16;1-2;2-1-3/h4-6,9-16,30H,1-3,7-8H2,(H2,28,29);1-2H3;1H,(H,2,3). The van der Waals surface area contributed by atoms with Crippen LogP contribution in [0.5, 0.6) is 0 Å². The van der Waals surface area contributed by atoms with Gasteiger partial charge in [-0.25, -0.2) is 14.4 Å². The number of hydrogen-bond acceptors (Lipinski definition) is 4. The van der Waals surface area contributed by atoms with Crippen LogP contribution in [-0.4, -0.2) is 30.9 Å². The first-order valence-electron chi connectivity index (χ1n) is 12.7. The highest BCUT2D eigenvalue weighted by Gasteiger charge is 2.25. The van der Waals surface area contributed by atoms with E-state index in [1.807, 2.05) is 44.3 Å². The first-order chi connectivity index (χ1) is 18.1. The maximum absolute atomic E-state index is 14.5. The minimum atomic E-state index is -0.250. The van der Waals surface area contributed by atoms with E-state index in [4.69, 9.17) is 20.6 Å². The summed E-state index contributed by atoms with van der Waals surface area (Å²) in [5, 5.41) is 7.89. The highest BCUT2D eigenvalue weighted by atomic mass is 19.1. The van der Waals surface area contributed by atoms with Crippen molar-refractivity contribution in [1.29, 1.82) is 0 Å². The molecule has 0 atom stereocenters. The minimum Gasteiger partial charge on any atom is -0.483 e. The van der Waals surface area contributed by atoms with Gasteiger partial charge in [0.1, 0.15) is 28.7 Å². The number of imidazole rings is 1. The summed E-state index contributed by atoms with van der Waals surface area (Å²) in [6.45, 7) is 3.75. The number of nitrogen functional groups attached to an aromatic ring is 1. The number of hydrogen-bond donors (Lipinski definition) is 3. The van der Waals surface area contributed by atoms with E-state index >= 15 is 0 Å². The van der Waals surface area contributed by atoms with Crippen LogP contribution >= 0.6 is 0 Å². The van der Waals surface area contributed by atoms with Gasteiger partial charge in [0.25, 0.3) is 6.47 Å². The Hall–Kier alpha value is -4.20. The van der Waals surface area contributed by atoms with Gasteiger partial charge >= 0.3 is 0 Å². The van der Waals surface area contributed by atoms with Gasteiger partial charge in [-0.05, 0) is 25.0 Å². The first kappa shape index (κ1) is 25.9. The number of nitrogens with two attached hydrogens (primary N) is 1. The monoisotopic (exact) mass is 501 g/mol. The summed E-state index contributed by atoms with van der Waals surface area (Å²) in [5.74, 6) is 1.70. The second-order valence-corrected chi connectivity index (χ2v) is 8.72.